The molecule has 0 saturated carbocycles. The quantitative estimate of drug-likeness (QED) is 0.0731. The molecule has 68 heavy (non-hydrogen) atoms. The van der Waals surface area contributed by atoms with E-state index in [0.717, 1.165) is 22.3 Å². The van der Waals surface area contributed by atoms with E-state index in [0.29, 0.717) is 56.6 Å². The SMILES string of the molecule is CC(C)(O)c1ccc(-c2ccc3nc4c(n3n2)[C@H](c2ccccc2OC(F)F)NC[C@@H]4O)cc1.CC(C)(O)c1ccc(-c2ccc3nc4c(n3n2)[C@H](c2ccccc2OC(F)F)NC[C@H]4O)cc1. The van der Waals surface area contributed by atoms with Gasteiger partial charge in [-0.15, -0.1) is 0 Å². The summed E-state index contributed by atoms with van der Waals surface area (Å²) in [4.78, 5) is 9.14. The van der Waals surface area contributed by atoms with E-state index in [-0.39, 0.29) is 24.6 Å². The third-order valence-electron chi connectivity index (χ3n) is 12.0. The number of ether oxygens (including phenoxy) is 2. The van der Waals surface area contributed by atoms with Gasteiger partial charge in [-0.3, -0.25) is 0 Å². The first kappa shape index (κ1) is 46.3. The Balaban J connectivity index is 0.000000170. The first-order chi connectivity index (χ1) is 32.4. The van der Waals surface area contributed by atoms with Crippen LogP contribution in [0.25, 0.3) is 33.8 Å². The van der Waals surface area contributed by atoms with Crippen molar-refractivity contribution in [3.63, 3.8) is 0 Å². The lowest BCUT2D eigenvalue weighted by Gasteiger charge is -2.28. The Labute approximate surface area is 387 Å². The average molecular weight is 933 g/mol. The topological polar surface area (TPSA) is 184 Å². The van der Waals surface area contributed by atoms with Crippen LogP contribution in [0.1, 0.15) is 97.0 Å². The highest BCUT2D eigenvalue weighted by Crippen LogP contribution is 2.40. The van der Waals surface area contributed by atoms with Gasteiger partial charge in [0.15, 0.2) is 11.3 Å². The van der Waals surface area contributed by atoms with Gasteiger partial charge < -0.3 is 40.5 Å². The maximum absolute atomic E-state index is 13.0. The summed E-state index contributed by atoms with van der Waals surface area (Å²) >= 11 is 0. The lowest BCUT2D eigenvalue weighted by molar-refractivity contribution is -0.0513. The Morgan fingerprint density at radius 1 is 0.544 bits per heavy atom. The van der Waals surface area contributed by atoms with Crippen LogP contribution in [0.5, 0.6) is 11.5 Å². The Bertz CT molecular complexity index is 2870. The van der Waals surface area contributed by atoms with Crippen LogP contribution in [0.4, 0.5) is 17.6 Å². The zero-order chi connectivity index (χ0) is 48.1. The van der Waals surface area contributed by atoms with E-state index in [1.165, 1.54) is 12.1 Å². The summed E-state index contributed by atoms with van der Waals surface area (Å²) in [6, 6.07) is 34.1. The van der Waals surface area contributed by atoms with Gasteiger partial charge in [-0.1, -0.05) is 84.9 Å². The number of halogens is 4. The second-order valence-electron chi connectivity index (χ2n) is 17.6. The van der Waals surface area contributed by atoms with E-state index in [9.17, 15) is 38.0 Å². The number of hydrogen-bond donors (Lipinski definition) is 6. The van der Waals surface area contributed by atoms with Crippen molar-refractivity contribution in [1.29, 1.82) is 0 Å². The van der Waals surface area contributed by atoms with Crippen molar-refractivity contribution in [3.8, 4) is 34.0 Å². The Morgan fingerprint density at radius 3 is 1.26 bits per heavy atom. The van der Waals surface area contributed by atoms with Gasteiger partial charge in [0.05, 0.1) is 57.4 Å². The molecule has 6 N–H and O–H groups in total. The largest absolute Gasteiger partial charge is 0.434 e. The third-order valence-corrected chi connectivity index (χ3v) is 12.0. The zero-order valence-corrected chi connectivity index (χ0v) is 37.2. The molecule has 4 aromatic heterocycles. The van der Waals surface area contributed by atoms with Crippen LogP contribution in [0.15, 0.2) is 121 Å². The van der Waals surface area contributed by atoms with Gasteiger partial charge >= 0.3 is 13.2 Å². The molecule has 2 aliphatic heterocycles. The predicted octanol–water partition coefficient (Wildman–Crippen LogP) is 7.90. The maximum Gasteiger partial charge on any atom is 0.387 e. The molecule has 6 heterocycles. The van der Waals surface area contributed by atoms with E-state index in [1.807, 2.05) is 60.7 Å². The Kier molecular flexibility index (Phi) is 12.5. The van der Waals surface area contributed by atoms with Gasteiger partial charge in [0.25, 0.3) is 0 Å². The number of hydrogen-bond acceptors (Lipinski definition) is 12. The smallest absolute Gasteiger partial charge is 0.387 e. The number of aliphatic hydroxyl groups is 4. The van der Waals surface area contributed by atoms with Crippen LogP contribution in [-0.2, 0) is 11.2 Å². The van der Waals surface area contributed by atoms with Crippen molar-refractivity contribution in [2.24, 2.45) is 0 Å². The summed E-state index contributed by atoms with van der Waals surface area (Å²) in [6.07, 6.45) is -1.74. The predicted molar refractivity (Wildman–Crippen MR) is 243 cm³/mol. The van der Waals surface area contributed by atoms with Gasteiger partial charge in [-0.2, -0.15) is 27.8 Å². The second-order valence-corrected chi connectivity index (χ2v) is 17.6. The number of rotatable bonds is 10. The Hall–Kier alpha value is -6.80. The lowest BCUT2D eigenvalue weighted by Crippen LogP contribution is -2.35. The van der Waals surface area contributed by atoms with Crippen LogP contribution >= 0.6 is 0 Å². The molecule has 0 saturated heterocycles. The monoisotopic (exact) mass is 932 g/mol. The molecule has 0 aliphatic carbocycles. The minimum Gasteiger partial charge on any atom is -0.434 e. The first-order valence-corrected chi connectivity index (χ1v) is 21.8. The van der Waals surface area contributed by atoms with Crippen LogP contribution in [0.3, 0.4) is 0 Å². The number of β-amino-alcohol motifs (C(OH)–C–C–N with tert-alkyl or cyclic N) is 2. The minimum atomic E-state index is -2.96. The average Bonchev–Trinajstić information content (AvgIpc) is 3.89. The number of imidazole rings is 2. The van der Waals surface area contributed by atoms with Gasteiger partial charge in [0.1, 0.15) is 23.7 Å². The van der Waals surface area contributed by atoms with Crippen molar-refractivity contribution < 1.29 is 47.5 Å². The van der Waals surface area contributed by atoms with Crippen LogP contribution < -0.4 is 20.1 Å². The van der Waals surface area contributed by atoms with E-state index in [4.69, 9.17) is 19.7 Å². The van der Waals surface area contributed by atoms with E-state index < -0.39 is 48.7 Å². The molecule has 8 aromatic rings. The molecular weight excluding hydrogens is 885 g/mol. The molecule has 4 aromatic carbocycles. The van der Waals surface area contributed by atoms with Crippen molar-refractivity contribution in [1.82, 2.24) is 39.8 Å². The summed E-state index contributed by atoms with van der Waals surface area (Å²) in [6.45, 7) is 1.36. The molecule has 0 fully saturated rings. The summed E-state index contributed by atoms with van der Waals surface area (Å²) in [7, 11) is 0. The van der Waals surface area contributed by atoms with Crippen LogP contribution in [0.2, 0.25) is 0 Å². The number of nitrogens with one attached hydrogen (secondary N) is 2. The van der Waals surface area contributed by atoms with E-state index in [2.05, 4.69) is 20.6 Å². The molecule has 14 nitrogen and oxygen atoms in total. The fraction of sp³-hybridized carbons (Fsp3) is 0.280. The first-order valence-electron chi connectivity index (χ1n) is 21.8. The number of nitrogens with zero attached hydrogens (tertiary/aromatic N) is 6. The number of aliphatic hydroxyl groups excluding tert-OH is 2. The number of benzene rings is 4. The highest BCUT2D eigenvalue weighted by Gasteiger charge is 2.36. The minimum absolute atomic E-state index is 0.0469. The fourth-order valence-corrected chi connectivity index (χ4v) is 8.58. The molecule has 18 heteroatoms. The summed E-state index contributed by atoms with van der Waals surface area (Å²) in [5, 5.41) is 57.6. The zero-order valence-electron chi connectivity index (χ0n) is 37.2. The summed E-state index contributed by atoms with van der Waals surface area (Å²) in [5.74, 6) is 0.0938. The number of fused-ring (bicyclic) bond motifs is 6. The molecule has 4 atom stereocenters. The van der Waals surface area contributed by atoms with Gasteiger partial charge in [-0.25, -0.2) is 19.0 Å². The van der Waals surface area contributed by atoms with E-state index in [1.54, 1.807) is 85.3 Å². The fourth-order valence-electron chi connectivity index (χ4n) is 8.58. The summed E-state index contributed by atoms with van der Waals surface area (Å²) in [5.41, 5.74) is 6.70. The molecular formula is C50H48F4N8O6. The van der Waals surface area contributed by atoms with Gasteiger partial charge in [-0.05, 0) is 75.2 Å². The number of para-hydroxylation sites is 2. The molecule has 352 valence electrons. The van der Waals surface area contributed by atoms with Crippen molar-refractivity contribution in [2.45, 2.75) is 76.4 Å². The van der Waals surface area contributed by atoms with E-state index >= 15 is 0 Å². The van der Waals surface area contributed by atoms with Crippen LogP contribution in [-0.4, -0.2) is 75.9 Å². The molecule has 10 rings (SSSR count). The number of alkyl halides is 4. The normalized spacial score (nSPS) is 18.3. The molecule has 0 bridgehead atoms. The third kappa shape index (κ3) is 9.25. The lowest BCUT2D eigenvalue weighted by atomic mass is 9.96. The summed E-state index contributed by atoms with van der Waals surface area (Å²) < 4.78 is 64.9. The molecule has 2 aliphatic rings. The van der Waals surface area contributed by atoms with Crippen molar-refractivity contribution in [3.05, 3.63) is 166 Å². The van der Waals surface area contributed by atoms with Crippen LogP contribution in [0, 0.1) is 0 Å². The standard InChI is InChI=1S/2C25H24F2N4O3/c2*1-25(2,33)15-9-7-14(8-10-15)17-11-12-20-29-22-18(32)13-28-21(23(22)31(20)30-17)16-5-3-4-6-19(16)34-24(26)27/h2*3-12,18,21,24,28,32-33H,13H2,1-2H3/t18-,21+;18-,21-/m10/s1. The van der Waals surface area contributed by atoms with Gasteiger partial charge in [0.2, 0.25) is 0 Å². The second kappa shape index (κ2) is 18.4. The maximum atomic E-state index is 13.0. The molecule has 0 unspecified atom stereocenters. The highest BCUT2D eigenvalue weighted by molar-refractivity contribution is 5.63. The molecule has 0 amide bonds. The van der Waals surface area contributed by atoms with Crippen molar-refractivity contribution >= 4 is 11.3 Å². The van der Waals surface area contributed by atoms with Gasteiger partial charge in [0, 0.05) is 35.3 Å². The molecule has 0 spiro atoms. The van der Waals surface area contributed by atoms with Crippen molar-refractivity contribution in [2.75, 3.05) is 13.1 Å². The highest BCUT2D eigenvalue weighted by atomic mass is 19.3. The molecule has 0 radical (unpaired) electrons. The Morgan fingerprint density at radius 2 is 0.912 bits per heavy atom. The number of aromatic nitrogens is 6.